The number of hydrogen-bond acceptors (Lipinski definition) is 7. The molecule has 45 heavy (non-hydrogen) atoms. The van der Waals surface area contributed by atoms with Crippen LogP contribution in [0.15, 0.2) is 66.7 Å². The van der Waals surface area contributed by atoms with Crippen molar-refractivity contribution in [2.24, 2.45) is 5.92 Å². The molecule has 0 saturated carbocycles. The molecule has 1 saturated heterocycles. The highest BCUT2D eigenvalue weighted by molar-refractivity contribution is 5.94. The lowest BCUT2D eigenvalue weighted by molar-refractivity contribution is -0.384. The minimum absolute atomic E-state index is 0.0234. The molecule has 1 heterocycles. The Bertz CT molecular complexity index is 1430. The van der Waals surface area contributed by atoms with Crippen molar-refractivity contribution < 1.29 is 24.0 Å². The maximum Gasteiger partial charge on any atom is 0.269 e. The topological polar surface area (TPSA) is 114 Å². The predicted molar refractivity (Wildman–Crippen MR) is 173 cm³/mol. The van der Waals surface area contributed by atoms with E-state index >= 15 is 0 Å². The second-order valence-electron chi connectivity index (χ2n) is 11.5. The molecule has 0 aliphatic carbocycles. The Kier molecular flexibility index (Phi) is 11.9. The van der Waals surface area contributed by atoms with Crippen molar-refractivity contribution >= 4 is 17.5 Å². The van der Waals surface area contributed by atoms with E-state index in [1.807, 2.05) is 59.5 Å². The molecule has 3 aromatic carbocycles. The number of benzene rings is 3. The molecule has 1 aliphatic rings. The first kappa shape index (κ1) is 33.5. The number of nitrogens with zero attached hydrogens (tertiary/aromatic N) is 3. The number of likely N-dealkylation sites (tertiary alicyclic amines) is 1. The van der Waals surface area contributed by atoms with E-state index < -0.39 is 0 Å². The van der Waals surface area contributed by atoms with Gasteiger partial charge in [-0.2, -0.15) is 0 Å². The zero-order valence-corrected chi connectivity index (χ0v) is 26.7. The van der Waals surface area contributed by atoms with Crippen molar-refractivity contribution in [3.8, 4) is 11.5 Å². The molecule has 1 aliphatic heterocycles. The minimum Gasteiger partial charge on any atom is -0.493 e. The number of carbonyl (C=O) groups excluding carboxylic acids is 2. The van der Waals surface area contributed by atoms with E-state index in [0.29, 0.717) is 30.2 Å². The highest BCUT2D eigenvalue weighted by atomic mass is 16.6. The number of amides is 2. The molecular weight excluding hydrogens is 572 g/mol. The number of hydrogen-bond donors (Lipinski definition) is 1. The normalized spacial score (nSPS) is 13.8. The van der Waals surface area contributed by atoms with Crippen LogP contribution in [0.5, 0.6) is 11.5 Å². The molecule has 0 atom stereocenters. The molecule has 0 spiro atoms. The van der Waals surface area contributed by atoms with Crippen LogP contribution in [-0.4, -0.2) is 59.9 Å². The average Bonchev–Trinajstić information content (AvgIpc) is 3.07. The highest BCUT2D eigenvalue weighted by Crippen LogP contribution is 2.28. The molecule has 1 fully saturated rings. The molecule has 2 amide bonds. The first-order valence-corrected chi connectivity index (χ1v) is 15.6. The first-order chi connectivity index (χ1) is 21.8. The Morgan fingerprint density at radius 1 is 0.911 bits per heavy atom. The maximum absolute atomic E-state index is 13.7. The molecule has 4 rings (SSSR count). The van der Waals surface area contributed by atoms with Crippen molar-refractivity contribution in [3.05, 3.63) is 99.1 Å². The Morgan fingerprint density at radius 2 is 1.51 bits per heavy atom. The second kappa shape index (κ2) is 16.0. The number of methoxy groups -OCH3 is 2. The van der Waals surface area contributed by atoms with Gasteiger partial charge in [0.05, 0.1) is 19.1 Å². The SMILES string of the molecule is CCC(CC)C(=O)N(Cc1ccc(C(=O)NCc2ccc(OC)c(OC)c2)cc1)C1CCN(Cc2ccc([N+](=O)[O-])cc2)CC1. The summed E-state index contributed by atoms with van der Waals surface area (Å²) >= 11 is 0. The minimum atomic E-state index is -0.384. The van der Waals surface area contributed by atoms with Crippen LogP contribution in [0.1, 0.15) is 66.6 Å². The van der Waals surface area contributed by atoms with Gasteiger partial charge in [0.25, 0.3) is 11.6 Å². The van der Waals surface area contributed by atoms with E-state index in [2.05, 4.69) is 24.1 Å². The van der Waals surface area contributed by atoms with Gasteiger partial charge in [0.2, 0.25) is 5.91 Å². The fourth-order valence-electron chi connectivity index (χ4n) is 5.86. The largest absolute Gasteiger partial charge is 0.493 e. The smallest absolute Gasteiger partial charge is 0.269 e. The summed E-state index contributed by atoms with van der Waals surface area (Å²) in [7, 11) is 3.16. The Balaban J connectivity index is 1.37. The van der Waals surface area contributed by atoms with Gasteiger partial charge in [0.15, 0.2) is 11.5 Å². The number of nitrogens with one attached hydrogen (secondary N) is 1. The van der Waals surface area contributed by atoms with Crippen LogP contribution in [0.2, 0.25) is 0 Å². The van der Waals surface area contributed by atoms with Crippen LogP contribution in [0.3, 0.4) is 0 Å². The summed E-state index contributed by atoms with van der Waals surface area (Å²) in [4.78, 5) is 41.6. The molecule has 240 valence electrons. The zero-order chi connectivity index (χ0) is 32.3. The number of piperidine rings is 1. The van der Waals surface area contributed by atoms with E-state index in [-0.39, 0.29) is 34.4 Å². The van der Waals surface area contributed by atoms with Crippen LogP contribution >= 0.6 is 0 Å². The van der Waals surface area contributed by atoms with Gasteiger partial charge in [-0.15, -0.1) is 0 Å². The number of non-ortho nitro benzene ring substituents is 1. The van der Waals surface area contributed by atoms with Gasteiger partial charge in [0.1, 0.15) is 0 Å². The first-order valence-electron chi connectivity index (χ1n) is 15.6. The summed E-state index contributed by atoms with van der Waals surface area (Å²) in [6.07, 6.45) is 3.30. The highest BCUT2D eigenvalue weighted by Gasteiger charge is 2.31. The molecule has 1 N–H and O–H groups in total. The van der Waals surface area contributed by atoms with Crippen molar-refractivity contribution in [2.75, 3.05) is 27.3 Å². The summed E-state index contributed by atoms with van der Waals surface area (Å²) in [6, 6.07) is 19.9. The van der Waals surface area contributed by atoms with Crippen molar-refractivity contribution in [1.82, 2.24) is 15.1 Å². The van der Waals surface area contributed by atoms with Gasteiger partial charge in [-0.25, -0.2) is 0 Å². The molecule has 0 unspecified atom stereocenters. The Hall–Kier alpha value is -4.44. The van der Waals surface area contributed by atoms with Crippen LogP contribution in [0.4, 0.5) is 5.69 Å². The van der Waals surface area contributed by atoms with Crippen molar-refractivity contribution in [1.29, 1.82) is 0 Å². The quantitative estimate of drug-likeness (QED) is 0.175. The van der Waals surface area contributed by atoms with Gasteiger partial charge in [-0.05, 0) is 66.6 Å². The van der Waals surface area contributed by atoms with Gasteiger partial charge in [0, 0.05) is 62.4 Å². The van der Waals surface area contributed by atoms with Crippen LogP contribution in [0.25, 0.3) is 0 Å². The lowest BCUT2D eigenvalue weighted by atomic mass is 9.96. The van der Waals surface area contributed by atoms with Gasteiger partial charge >= 0.3 is 0 Å². The second-order valence-corrected chi connectivity index (χ2v) is 11.5. The van der Waals surface area contributed by atoms with E-state index in [9.17, 15) is 19.7 Å². The van der Waals surface area contributed by atoms with Gasteiger partial charge in [-0.1, -0.05) is 44.2 Å². The number of nitro benzene ring substituents is 1. The van der Waals surface area contributed by atoms with Crippen LogP contribution in [-0.2, 0) is 24.4 Å². The fourth-order valence-corrected chi connectivity index (χ4v) is 5.86. The Labute approximate surface area is 265 Å². The van der Waals surface area contributed by atoms with Crippen LogP contribution < -0.4 is 14.8 Å². The fraction of sp³-hybridized carbons (Fsp3) is 0.429. The molecule has 10 heteroatoms. The standard InChI is InChI=1S/C35H44N4O6/c1-5-28(6-2)35(41)38(30-17-19-37(20-18-30)23-25-9-14-31(15-10-25)39(42)43)24-26-7-12-29(13-8-26)34(40)36-22-27-11-16-32(44-3)33(21-27)45-4/h7-16,21,28,30H,5-6,17-20,22-24H2,1-4H3,(H,36,40). The number of rotatable bonds is 14. The predicted octanol–water partition coefficient (Wildman–Crippen LogP) is 5.97. The lowest BCUT2D eigenvalue weighted by Crippen LogP contribution is -2.48. The third-order valence-electron chi connectivity index (χ3n) is 8.64. The van der Waals surface area contributed by atoms with Gasteiger partial charge in [-0.3, -0.25) is 24.6 Å². The monoisotopic (exact) mass is 616 g/mol. The number of ether oxygens (including phenoxy) is 2. The van der Waals surface area contributed by atoms with Gasteiger partial charge < -0.3 is 19.7 Å². The summed E-state index contributed by atoms with van der Waals surface area (Å²) in [5, 5.41) is 13.9. The lowest BCUT2D eigenvalue weighted by Gasteiger charge is -2.40. The average molecular weight is 617 g/mol. The maximum atomic E-state index is 13.7. The van der Waals surface area contributed by atoms with E-state index in [4.69, 9.17) is 9.47 Å². The summed E-state index contributed by atoms with van der Waals surface area (Å²) in [6.45, 7) is 7.37. The molecule has 0 bridgehead atoms. The number of nitro groups is 1. The molecular formula is C35H44N4O6. The number of carbonyl (C=O) groups is 2. The summed E-state index contributed by atoms with van der Waals surface area (Å²) < 4.78 is 10.6. The van der Waals surface area contributed by atoms with Crippen molar-refractivity contribution in [3.63, 3.8) is 0 Å². The molecule has 10 nitrogen and oxygen atoms in total. The molecule has 0 aromatic heterocycles. The third-order valence-corrected chi connectivity index (χ3v) is 8.64. The molecule has 0 radical (unpaired) electrons. The Morgan fingerprint density at radius 3 is 2.09 bits per heavy atom. The van der Waals surface area contributed by atoms with Crippen molar-refractivity contribution in [2.45, 2.75) is 65.2 Å². The zero-order valence-electron chi connectivity index (χ0n) is 26.7. The molecule has 3 aromatic rings. The van der Waals surface area contributed by atoms with Crippen LogP contribution in [0, 0.1) is 16.0 Å². The summed E-state index contributed by atoms with van der Waals surface area (Å²) in [5.74, 6) is 1.22. The van der Waals surface area contributed by atoms with E-state index in [1.165, 1.54) is 0 Å². The van der Waals surface area contributed by atoms with E-state index in [1.54, 1.807) is 26.4 Å². The van der Waals surface area contributed by atoms with E-state index in [0.717, 1.165) is 62.0 Å². The summed E-state index contributed by atoms with van der Waals surface area (Å²) in [5.41, 5.74) is 3.57. The third kappa shape index (κ3) is 8.82.